The molecule has 0 aliphatic carbocycles. The van der Waals surface area contributed by atoms with Gasteiger partial charge in [-0.15, -0.1) is 0 Å². The number of carbonyl (C=O) groups is 2. The van der Waals surface area contributed by atoms with Crippen molar-refractivity contribution in [2.45, 2.75) is 299 Å². The Labute approximate surface area is 439 Å². The Kier molecular flexibility index (Phi) is 30.2. The first kappa shape index (κ1) is 64.9. The van der Waals surface area contributed by atoms with Gasteiger partial charge in [0.15, 0.2) is 31.3 Å². The summed E-state index contributed by atoms with van der Waals surface area (Å²) in [6.45, 7) is 11.1. The van der Waals surface area contributed by atoms with Gasteiger partial charge in [-0.05, 0) is 52.9 Å². The summed E-state index contributed by atoms with van der Waals surface area (Å²) in [5.74, 6) is -0.593. The van der Waals surface area contributed by atoms with Gasteiger partial charge < -0.3 is 97.8 Å². The van der Waals surface area contributed by atoms with E-state index in [1.807, 2.05) is 13.8 Å². The van der Waals surface area contributed by atoms with Crippen molar-refractivity contribution in [3.8, 4) is 0 Å². The lowest BCUT2D eigenvalue weighted by atomic mass is 9.95. The smallest absolute Gasteiger partial charge is 0.303 e. The molecule has 0 unspecified atom stereocenters. The average molecular weight is 1070 g/mol. The molecule has 74 heavy (non-hydrogen) atoms. The summed E-state index contributed by atoms with van der Waals surface area (Å²) in [6, 6.07) is 0. The van der Waals surface area contributed by atoms with Crippen LogP contribution in [-0.4, -0.2) is 208 Å². The Hall–Kier alpha value is -1.58. The van der Waals surface area contributed by atoms with Crippen molar-refractivity contribution in [2.24, 2.45) is 0 Å². The van der Waals surface area contributed by atoms with E-state index in [0.29, 0.717) is 38.5 Å². The Balaban J connectivity index is 1.75. The monoisotopic (exact) mass is 1070 g/mol. The molecule has 4 rings (SSSR count). The highest BCUT2D eigenvalue weighted by molar-refractivity contribution is 5.75. The molecule has 0 bridgehead atoms. The van der Waals surface area contributed by atoms with E-state index in [4.69, 9.17) is 52.1 Å². The van der Waals surface area contributed by atoms with E-state index < -0.39 is 148 Å². The van der Waals surface area contributed by atoms with Crippen LogP contribution in [0.5, 0.6) is 0 Å². The second-order valence-electron chi connectivity index (χ2n) is 20.8. The van der Waals surface area contributed by atoms with E-state index in [0.717, 1.165) is 77.0 Å². The van der Waals surface area contributed by atoms with Crippen LogP contribution in [-0.2, 0) is 61.7 Å². The van der Waals surface area contributed by atoms with Crippen molar-refractivity contribution in [3.63, 3.8) is 0 Å². The third-order valence-electron chi connectivity index (χ3n) is 14.4. The van der Waals surface area contributed by atoms with Gasteiger partial charge in [0.1, 0.15) is 85.1 Å². The highest BCUT2D eigenvalue weighted by Gasteiger charge is 2.57. The SMILES string of the molecule is CCCCCCCCC[C@H](CCCCCCCC(C)=O)O[C@@H]1O[C@H](CO)[C@@H](O)[C@H](O)[C@H]1O[C@@H]1O[C@H](CO[C@@H]2O[C@H](C)[C@H](O)[C@H](O)[C@@H]2O)[C@@H](OC(C)=O)[C@H](OCCCC)[C@H]1O[C@@H]1O[C@H](C)[C@@H](O)[C@H](OCCCC)[C@H]1O. The zero-order chi connectivity index (χ0) is 54.3. The Morgan fingerprint density at radius 3 is 1.61 bits per heavy atom. The van der Waals surface area contributed by atoms with Crippen LogP contribution in [0, 0.1) is 0 Å². The second kappa shape index (κ2) is 34.4. The van der Waals surface area contributed by atoms with Crippen LogP contribution in [0.1, 0.15) is 170 Å². The summed E-state index contributed by atoms with van der Waals surface area (Å²) >= 11 is 0. The van der Waals surface area contributed by atoms with Crippen molar-refractivity contribution >= 4 is 11.8 Å². The molecule has 4 fully saturated rings. The first-order chi connectivity index (χ1) is 35.5. The molecule has 21 atom stereocenters. The number of esters is 1. The minimum Gasteiger partial charge on any atom is -0.457 e. The number of aliphatic hydroxyl groups is 8. The summed E-state index contributed by atoms with van der Waals surface area (Å²) in [7, 11) is 0. The maximum absolute atomic E-state index is 13.0. The van der Waals surface area contributed by atoms with Gasteiger partial charge in [-0.2, -0.15) is 0 Å². The number of aliphatic hydroxyl groups excluding tert-OH is 8. The molecule has 4 saturated heterocycles. The fourth-order valence-corrected chi connectivity index (χ4v) is 9.86. The van der Waals surface area contributed by atoms with E-state index in [1.165, 1.54) is 20.3 Å². The molecule has 21 heteroatoms. The predicted molar refractivity (Wildman–Crippen MR) is 266 cm³/mol. The summed E-state index contributed by atoms with van der Waals surface area (Å²) in [6.07, 6.45) is -12.8. The first-order valence-corrected chi connectivity index (χ1v) is 27.9. The lowest BCUT2D eigenvalue weighted by Crippen LogP contribution is -2.68. The van der Waals surface area contributed by atoms with Gasteiger partial charge >= 0.3 is 5.97 Å². The van der Waals surface area contributed by atoms with E-state index >= 15 is 0 Å². The maximum Gasteiger partial charge on any atom is 0.303 e. The van der Waals surface area contributed by atoms with Gasteiger partial charge in [0.2, 0.25) is 0 Å². The third-order valence-corrected chi connectivity index (χ3v) is 14.4. The number of ketones is 1. The van der Waals surface area contributed by atoms with Crippen LogP contribution in [0.25, 0.3) is 0 Å². The molecule has 0 amide bonds. The number of rotatable bonds is 35. The van der Waals surface area contributed by atoms with Crippen LogP contribution in [0.15, 0.2) is 0 Å². The van der Waals surface area contributed by atoms with Crippen LogP contribution in [0.3, 0.4) is 0 Å². The minimum absolute atomic E-state index is 0.0892. The van der Waals surface area contributed by atoms with Gasteiger partial charge in [0.05, 0.1) is 31.5 Å². The van der Waals surface area contributed by atoms with Crippen LogP contribution in [0.2, 0.25) is 0 Å². The van der Waals surface area contributed by atoms with Gasteiger partial charge in [0.25, 0.3) is 0 Å². The summed E-state index contributed by atoms with van der Waals surface area (Å²) in [4.78, 5) is 24.5. The lowest BCUT2D eigenvalue weighted by Gasteiger charge is -2.50. The predicted octanol–water partition coefficient (Wildman–Crippen LogP) is 3.38. The zero-order valence-corrected chi connectivity index (χ0v) is 45.3. The fraction of sp³-hybridized carbons (Fsp3) is 0.962. The van der Waals surface area contributed by atoms with Crippen molar-refractivity contribution in [3.05, 3.63) is 0 Å². The number of hydrogen-bond acceptors (Lipinski definition) is 21. The number of hydrogen-bond donors (Lipinski definition) is 8. The van der Waals surface area contributed by atoms with E-state index in [2.05, 4.69) is 6.92 Å². The molecule has 0 radical (unpaired) electrons. The van der Waals surface area contributed by atoms with E-state index in [-0.39, 0.29) is 19.0 Å². The Bertz CT molecular complexity index is 1530. The van der Waals surface area contributed by atoms with Gasteiger partial charge in [0, 0.05) is 26.6 Å². The van der Waals surface area contributed by atoms with Crippen molar-refractivity contribution in [1.82, 2.24) is 0 Å². The van der Waals surface area contributed by atoms with Gasteiger partial charge in [-0.1, -0.05) is 104 Å². The molecule has 0 aromatic carbocycles. The summed E-state index contributed by atoms with van der Waals surface area (Å²) in [5.41, 5.74) is 0. The Morgan fingerprint density at radius 1 is 0.473 bits per heavy atom. The fourth-order valence-electron chi connectivity index (χ4n) is 9.86. The van der Waals surface area contributed by atoms with Crippen molar-refractivity contribution < 1.29 is 103 Å². The molecule has 4 heterocycles. The molecule has 21 nitrogen and oxygen atoms in total. The quantitative estimate of drug-likeness (QED) is 0.0333. The zero-order valence-electron chi connectivity index (χ0n) is 45.3. The Morgan fingerprint density at radius 2 is 1.01 bits per heavy atom. The lowest BCUT2D eigenvalue weighted by molar-refractivity contribution is -0.400. The van der Waals surface area contributed by atoms with Crippen LogP contribution in [0.4, 0.5) is 0 Å². The van der Waals surface area contributed by atoms with Crippen LogP contribution >= 0.6 is 0 Å². The molecule has 0 saturated carbocycles. The van der Waals surface area contributed by atoms with E-state index in [9.17, 15) is 50.4 Å². The molecular weight excluding hydrogens is 973 g/mol. The number of Topliss-reactive ketones (excluding diaryl/α,β-unsaturated/α-hetero) is 1. The highest BCUT2D eigenvalue weighted by atomic mass is 16.8. The van der Waals surface area contributed by atoms with E-state index in [1.54, 1.807) is 13.8 Å². The normalized spacial score (nSPS) is 37.2. The molecule has 0 spiro atoms. The second-order valence-corrected chi connectivity index (χ2v) is 20.8. The largest absolute Gasteiger partial charge is 0.457 e. The summed E-state index contributed by atoms with van der Waals surface area (Å²) < 4.78 is 69.4. The molecule has 0 aromatic heterocycles. The number of unbranched alkanes of at least 4 members (excludes halogenated alkanes) is 12. The van der Waals surface area contributed by atoms with Gasteiger partial charge in [-0.25, -0.2) is 0 Å². The standard InChI is InChI=1S/C53H96O21/c1-8-11-14-15-16-19-22-25-35(26-23-20-17-18-21-24-31(4)55)70-52-47(42(61)40(59)36(29-54)71-52)73-53-49(74-51-44(63)46(64-27-12-9-2)39(58)33(6)68-51)48(65-28-13-10-3)45(69-34(7)56)37(72-53)30-66-50-43(62)41(60)38(57)32(5)67-50/h32-33,35-54,57-63H,8-30H2,1-7H3/t32-,33-,35-,36-,37-,38+,39-,40-,41+,42+,43+,44-,45-,46+,47-,48+,49-,50-,51+,52-,53+/m1/s1. The van der Waals surface area contributed by atoms with Crippen molar-refractivity contribution in [2.75, 3.05) is 26.4 Å². The van der Waals surface area contributed by atoms with Crippen LogP contribution < -0.4 is 0 Å². The maximum atomic E-state index is 13.0. The number of carbonyl (C=O) groups excluding carboxylic acids is 2. The first-order valence-electron chi connectivity index (χ1n) is 27.9. The minimum atomic E-state index is -1.76. The molecule has 0 aromatic rings. The highest BCUT2D eigenvalue weighted by Crippen LogP contribution is 2.37. The topological polar surface area (TPSA) is 298 Å². The summed E-state index contributed by atoms with van der Waals surface area (Å²) in [5, 5.41) is 88.7. The molecule has 4 aliphatic heterocycles. The number of ether oxygens (including phenoxy) is 11. The molecule has 8 N–H and O–H groups in total. The average Bonchev–Trinajstić information content (AvgIpc) is 3.36. The molecule has 4 aliphatic rings. The molecular formula is C53H96O21. The van der Waals surface area contributed by atoms with Crippen molar-refractivity contribution in [1.29, 1.82) is 0 Å². The van der Waals surface area contributed by atoms with Gasteiger partial charge in [-0.3, -0.25) is 4.79 Å². The third kappa shape index (κ3) is 20.0. The molecule has 434 valence electrons.